The van der Waals surface area contributed by atoms with Gasteiger partial charge in [-0.05, 0) is 44.0 Å². The molecule has 0 spiro atoms. The maximum absolute atomic E-state index is 12.8. The van der Waals surface area contributed by atoms with E-state index < -0.39 is 0 Å². The number of piperidine rings is 1. The van der Waals surface area contributed by atoms with Crippen LogP contribution in [0.1, 0.15) is 40.8 Å². The maximum Gasteiger partial charge on any atom is 0.326 e. The van der Waals surface area contributed by atoms with Crippen LogP contribution in [0, 0.1) is 6.92 Å². The Hall–Kier alpha value is -4.47. The molecule has 1 aromatic carbocycles. The molecule has 0 radical (unpaired) electrons. The molecule has 10 nitrogen and oxygen atoms in total. The van der Waals surface area contributed by atoms with Gasteiger partial charge in [0.25, 0.3) is 5.91 Å². The molecule has 10 heteroatoms. The van der Waals surface area contributed by atoms with Crippen molar-refractivity contribution in [1.82, 2.24) is 29.7 Å². The van der Waals surface area contributed by atoms with E-state index in [0.717, 1.165) is 35.1 Å². The Morgan fingerprint density at radius 2 is 2.06 bits per heavy atom. The van der Waals surface area contributed by atoms with Gasteiger partial charge in [0.2, 0.25) is 0 Å². The van der Waals surface area contributed by atoms with Crippen molar-refractivity contribution in [2.75, 3.05) is 23.3 Å². The SMILES string of the molecule is C=C/C=C\c1c(C)[nH]c(=O)n1C1CCN(c2cc(C(=O)Nc3ccc4[nH]ncc4c3)ncn2)CC1. The Labute approximate surface area is 201 Å². The summed E-state index contributed by atoms with van der Waals surface area (Å²) in [5.74, 6) is 0.387. The third-order valence-electron chi connectivity index (χ3n) is 6.28. The molecule has 4 heterocycles. The molecule has 5 rings (SSSR count). The van der Waals surface area contributed by atoms with E-state index in [9.17, 15) is 9.59 Å². The third-order valence-corrected chi connectivity index (χ3v) is 6.28. The van der Waals surface area contributed by atoms with Crippen LogP contribution in [0.4, 0.5) is 11.5 Å². The lowest BCUT2D eigenvalue weighted by molar-refractivity contribution is 0.102. The number of fused-ring (bicyclic) bond motifs is 1. The molecular weight excluding hydrogens is 444 g/mol. The summed E-state index contributed by atoms with van der Waals surface area (Å²) in [4.78, 5) is 39.0. The zero-order valence-electron chi connectivity index (χ0n) is 19.4. The van der Waals surface area contributed by atoms with E-state index in [2.05, 4.69) is 41.9 Å². The number of anilines is 2. The van der Waals surface area contributed by atoms with Crippen LogP contribution in [0.3, 0.4) is 0 Å². The lowest BCUT2D eigenvalue weighted by Crippen LogP contribution is -2.38. The second-order valence-electron chi connectivity index (χ2n) is 8.51. The highest BCUT2D eigenvalue weighted by atomic mass is 16.2. The van der Waals surface area contributed by atoms with Gasteiger partial charge in [-0.1, -0.05) is 18.7 Å². The standard InChI is InChI=1S/C25H26N8O2/c1-3-4-5-22-16(2)29-25(35)33(22)19-8-10-32(11-9-19)23-13-21(26-15-27-23)24(34)30-18-6-7-20-17(12-18)14-28-31-20/h3-7,12-15,19H,1,8-11H2,2H3,(H,28,31)(H,29,35)(H,30,34)/b5-4-. The largest absolute Gasteiger partial charge is 0.356 e. The molecule has 1 aliphatic heterocycles. The Balaban J connectivity index is 1.28. The summed E-state index contributed by atoms with van der Waals surface area (Å²) in [5.41, 5.74) is 3.48. The highest BCUT2D eigenvalue weighted by Crippen LogP contribution is 2.27. The highest BCUT2D eigenvalue weighted by molar-refractivity contribution is 6.04. The van der Waals surface area contributed by atoms with Gasteiger partial charge in [-0.2, -0.15) is 5.10 Å². The van der Waals surface area contributed by atoms with Crippen molar-refractivity contribution in [2.24, 2.45) is 0 Å². The number of carbonyl (C=O) groups excluding carboxylic acids is 1. The fraction of sp³-hybridized carbons (Fsp3) is 0.240. The number of H-pyrrole nitrogens is 2. The molecule has 3 N–H and O–H groups in total. The first-order valence-corrected chi connectivity index (χ1v) is 11.4. The number of nitrogens with zero attached hydrogens (tertiary/aromatic N) is 5. The molecule has 1 saturated heterocycles. The van der Waals surface area contributed by atoms with E-state index >= 15 is 0 Å². The van der Waals surface area contributed by atoms with E-state index in [1.807, 2.05) is 41.8 Å². The average Bonchev–Trinajstić information content (AvgIpc) is 3.45. The fourth-order valence-corrected chi connectivity index (χ4v) is 4.51. The molecule has 178 valence electrons. The van der Waals surface area contributed by atoms with Crippen LogP contribution in [-0.2, 0) is 0 Å². The number of hydrogen-bond donors (Lipinski definition) is 3. The minimum Gasteiger partial charge on any atom is -0.356 e. The predicted octanol–water partition coefficient (Wildman–Crippen LogP) is 3.44. The number of imidazole rings is 1. The monoisotopic (exact) mass is 470 g/mol. The molecule has 35 heavy (non-hydrogen) atoms. The zero-order chi connectivity index (χ0) is 24.4. The number of amides is 1. The average molecular weight is 471 g/mol. The highest BCUT2D eigenvalue weighted by Gasteiger charge is 2.25. The van der Waals surface area contributed by atoms with E-state index in [0.29, 0.717) is 30.3 Å². The van der Waals surface area contributed by atoms with E-state index in [1.165, 1.54) is 6.33 Å². The van der Waals surface area contributed by atoms with Crippen LogP contribution in [0.15, 0.2) is 60.3 Å². The van der Waals surface area contributed by atoms with Crippen molar-refractivity contribution in [3.63, 3.8) is 0 Å². The predicted molar refractivity (Wildman–Crippen MR) is 136 cm³/mol. The minimum atomic E-state index is -0.306. The van der Waals surface area contributed by atoms with Gasteiger partial charge in [-0.15, -0.1) is 0 Å². The summed E-state index contributed by atoms with van der Waals surface area (Å²) < 4.78 is 1.84. The number of nitrogens with one attached hydrogen (secondary N) is 3. The van der Waals surface area contributed by atoms with Crippen LogP contribution in [-0.4, -0.2) is 48.7 Å². The molecule has 1 fully saturated rings. The van der Waals surface area contributed by atoms with Crippen molar-refractivity contribution in [1.29, 1.82) is 0 Å². The lowest BCUT2D eigenvalue weighted by Gasteiger charge is -2.33. The number of hydrogen-bond acceptors (Lipinski definition) is 6. The number of rotatable bonds is 6. The van der Waals surface area contributed by atoms with Gasteiger partial charge in [0.05, 0.1) is 17.4 Å². The van der Waals surface area contributed by atoms with Crippen LogP contribution in [0.25, 0.3) is 17.0 Å². The van der Waals surface area contributed by atoms with Crippen molar-refractivity contribution in [3.05, 3.63) is 83.1 Å². The summed E-state index contributed by atoms with van der Waals surface area (Å²) in [5, 5.41) is 10.7. The van der Waals surface area contributed by atoms with E-state index in [-0.39, 0.29) is 17.6 Å². The maximum atomic E-state index is 12.8. The quantitative estimate of drug-likeness (QED) is 0.371. The van der Waals surface area contributed by atoms with Crippen molar-refractivity contribution >= 4 is 34.4 Å². The number of benzene rings is 1. The molecule has 4 aromatic rings. The normalized spacial score (nSPS) is 14.6. The molecular formula is C25H26N8O2. The Morgan fingerprint density at radius 1 is 1.23 bits per heavy atom. The van der Waals surface area contributed by atoms with Gasteiger partial charge in [0.1, 0.15) is 17.8 Å². The third kappa shape index (κ3) is 4.50. The van der Waals surface area contributed by atoms with Crippen LogP contribution >= 0.6 is 0 Å². The summed E-state index contributed by atoms with van der Waals surface area (Å²) in [7, 11) is 0. The van der Waals surface area contributed by atoms with Crippen molar-refractivity contribution in [3.8, 4) is 0 Å². The van der Waals surface area contributed by atoms with Crippen molar-refractivity contribution in [2.45, 2.75) is 25.8 Å². The Morgan fingerprint density at radius 3 is 2.86 bits per heavy atom. The van der Waals surface area contributed by atoms with Gasteiger partial charge >= 0.3 is 5.69 Å². The van der Waals surface area contributed by atoms with Crippen LogP contribution in [0.2, 0.25) is 0 Å². The number of aryl methyl sites for hydroxylation is 1. The number of carbonyl (C=O) groups is 1. The van der Waals surface area contributed by atoms with Gasteiger partial charge < -0.3 is 15.2 Å². The Kier molecular flexibility index (Phi) is 6.01. The number of aromatic amines is 2. The molecule has 0 aliphatic carbocycles. The van der Waals surface area contributed by atoms with Crippen molar-refractivity contribution < 1.29 is 4.79 Å². The molecule has 3 aromatic heterocycles. The molecule has 0 atom stereocenters. The van der Waals surface area contributed by atoms with Gasteiger partial charge in [-0.25, -0.2) is 14.8 Å². The Bertz CT molecular complexity index is 1470. The molecule has 1 aliphatic rings. The number of aromatic nitrogens is 6. The zero-order valence-corrected chi connectivity index (χ0v) is 19.4. The number of allylic oxidation sites excluding steroid dienone is 2. The molecule has 1 amide bonds. The van der Waals surface area contributed by atoms with E-state index in [4.69, 9.17) is 0 Å². The summed E-state index contributed by atoms with van der Waals surface area (Å²) in [6.07, 6.45) is 10.1. The smallest absolute Gasteiger partial charge is 0.326 e. The van der Waals surface area contributed by atoms with Gasteiger partial charge in [-0.3, -0.25) is 14.5 Å². The molecule has 0 saturated carbocycles. The molecule has 0 bridgehead atoms. The summed E-state index contributed by atoms with van der Waals surface area (Å²) >= 11 is 0. The van der Waals surface area contributed by atoms with Gasteiger partial charge in [0.15, 0.2) is 0 Å². The van der Waals surface area contributed by atoms with Crippen LogP contribution < -0.4 is 15.9 Å². The summed E-state index contributed by atoms with van der Waals surface area (Å²) in [6, 6.07) is 7.32. The minimum absolute atomic E-state index is 0.0793. The van der Waals surface area contributed by atoms with Crippen LogP contribution in [0.5, 0.6) is 0 Å². The summed E-state index contributed by atoms with van der Waals surface area (Å²) in [6.45, 7) is 7.03. The first-order valence-electron chi connectivity index (χ1n) is 11.4. The second-order valence-corrected chi connectivity index (χ2v) is 8.51. The fourth-order valence-electron chi connectivity index (χ4n) is 4.51. The first-order chi connectivity index (χ1) is 17.0. The van der Waals surface area contributed by atoms with E-state index in [1.54, 1.807) is 18.3 Å². The lowest BCUT2D eigenvalue weighted by atomic mass is 10.0. The molecule has 0 unspecified atom stereocenters. The topological polar surface area (TPSA) is 125 Å². The first kappa shape index (κ1) is 22.3. The second kappa shape index (κ2) is 9.41. The van der Waals surface area contributed by atoms with Gasteiger partial charge in [0, 0.05) is 42.0 Å².